The molecule has 0 aliphatic carbocycles. The normalized spacial score (nSPS) is 15.5. The smallest absolute Gasteiger partial charge is 0.0183 e. The maximum atomic E-state index is 3.49. The third-order valence-corrected chi connectivity index (χ3v) is 4.17. The van der Waals surface area contributed by atoms with Crippen molar-refractivity contribution in [2.75, 3.05) is 25.6 Å². The van der Waals surface area contributed by atoms with Gasteiger partial charge < -0.3 is 5.32 Å². The van der Waals surface area contributed by atoms with Gasteiger partial charge in [-0.25, -0.2) is 0 Å². The molecular formula is C14H32N2S. The molecule has 0 saturated carbocycles. The molecule has 0 aromatic carbocycles. The van der Waals surface area contributed by atoms with E-state index in [4.69, 9.17) is 0 Å². The largest absolute Gasteiger partial charge is 0.315 e. The van der Waals surface area contributed by atoms with E-state index >= 15 is 0 Å². The number of nitrogens with zero attached hydrogens (tertiary/aromatic N) is 1. The summed E-state index contributed by atoms with van der Waals surface area (Å²) in [5, 5.41) is 3.49. The van der Waals surface area contributed by atoms with E-state index in [2.05, 4.69) is 51.2 Å². The fraction of sp³-hybridized carbons (Fsp3) is 1.00. The zero-order chi connectivity index (χ0) is 13.3. The molecule has 2 nitrogen and oxygen atoms in total. The Morgan fingerprint density at radius 2 is 1.88 bits per heavy atom. The van der Waals surface area contributed by atoms with Gasteiger partial charge in [0.2, 0.25) is 0 Å². The van der Waals surface area contributed by atoms with Gasteiger partial charge in [0.1, 0.15) is 0 Å². The van der Waals surface area contributed by atoms with Crippen molar-refractivity contribution in [2.24, 2.45) is 0 Å². The molecule has 104 valence electrons. The minimum absolute atomic E-state index is 0.614. The Kier molecular flexibility index (Phi) is 10.4. The highest BCUT2D eigenvalue weighted by Crippen LogP contribution is 2.14. The standard InChI is InChI=1S/C14H32N2S/c1-7-14(11-17-6)16(5)13(4)9-8-10-15-12(2)3/h12-15H,7-11H2,1-6H3. The first-order chi connectivity index (χ1) is 8.02. The molecule has 0 heterocycles. The van der Waals surface area contributed by atoms with Gasteiger partial charge in [-0.2, -0.15) is 11.8 Å². The van der Waals surface area contributed by atoms with Crippen molar-refractivity contribution in [1.82, 2.24) is 10.2 Å². The second kappa shape index (κ2) is 10.2. The molecule has 0 aromatic rings. The lowest BCUT2D eigenvalue weighted by atomic mass is 10.1. The quantitative estimate of drug-likeness (QED) is 0.607. The first kappa shape index (κ1) is 17.3. The van der Waals surface area contributed by atoms with Crippen molar-refractivity contribution in [2.45, 2.75) is 65.1 Å². The van der Waals surface area contributed by atoms with Crippen LogP contribution in [0, 0.1) is 0 Å². The molecule has 2 atom stereocenters. The highest BCUT2D eigenvalue weighted by Gasteiger charge is 2.17. The van der Waals surface area contributed by atoms with Crippen LogP contribution >= 0.6 is 11.8 Å². The van der Waals surface area contributed by atoms with E-state index in [9.17, 15) is 0 Å². The lowest BCUT2D eigenvalue weighted by Gasteiger charge is -2.32. The molecule has 0 aliphatic heterocycles. The number of rotatable bonds is 10. The molecule has 0 radical (unpaired) electrons. The SMILES string of the molecule is CCC(CSC)N(C)C(C)CCCNC(C)C. The average Bonchev–Trinajstić information content (AvgIpc) is 2.30. The van der Waals surface area contributed by atoms with E-state index in [1.54, 1.807) is 0 Å². The van der Waals surface area contributed by atoms with Crippen LogP contribution < -0.4 is 5.32 Å². The van der Waals surface area contributed by atoms with Crippen molar-refractivity contribution in [3.63, 3.8) is 0 Å². The lowest BCUT2D eigenvalue weighted by molar-refractivity contribution is 0.184. The minimum Gasteiger partial charge on any atom is -0.315 e. The molecular weight excluding hydrogens is 228 g/mol. The van der Waals surface area contributed by atoms with Gasteiger partial charge in [0, 0.05) is 23.9 Å². The van der Waals surface area contributed by atoms with Crippen LogP contribution in [-0.4, -0.2) is 48.6 Å². The first-order valence-corrected chi connectivity index (χ1v) is 8.36. The van der Waals surface area contributed by atoms with Crippen molar-refractivity contribution in [3.05, 3.63) is 0 Å². The van der Waals surface area contributed by atoms with Crippen LogP contribution in [0.15, 0.2) is 0 Å². The Morgan fingerprint density at radius 1 is 1.24 bits per heavy atom. The Hall–Kier alpha value is 0.270. The van der Waals surface area contributed by atoms with Gasteiger partial charge in [-0.1, -0.05) is 20.8 Å². The van der Waals surface area contributed by atoms with E-state index < -0.39 is 0 Å². The molecule has 0 aliphatic rings. The van der Waals surface area contributed by atoms with Gasteiger partial charge >= 0.3 is 0 Å². The third kappa shape index (κ3) is 8.06. The second-order valence-corrected chi connectivity index (χ2v) is 6.19. The number of nitrogens with one attached hydrogen (secondary N) is 1. The van der Waals surface area contributed by atoms with Gasteiger partial charge in [0.15, 0.2) is 0 Å². The minimum atomic E-state index is 0.614. The summed E-state index contributed by atoms with van der Waals surface area (Å²) in [7, 11) is 2.28. The van der Waals surface area contributed by atoms with Crippen LogP contribution in [0.3, 0.4) is 0 Å². The molecule has 3 heteroatoms. The van der Waals surface area contributed by atoms with Crippen LogP contribution in [0.1, 0.15) is 47.0 Å². The van der Waals surface area contributed by atoms with Crippen molar-refractivity contribution in [3.8, 4) is 0 Å². The van der Waals surface area contributed by atoms with E-state index in [1.165, 1.54) is 25.0 Å². The van der Waals surface area contributed by atoms with Crippen LogP contribution in [-0.2, 0) is 0 Å². The number of hydrogen-bond donors (Lipinski definition) is 1. The van der Waals surface area contributed by atoms with Crippen LogP contribution in [0.25, 0.3) is 0 Å². The third-order valence-electron chi connectivity index (χ3n) is 3.45. The van der Waals surface area contributed by atoms with E-state index in [1.807, 2.05) is 11.8 Å². The summed E-state index contributed by atoms with van der Waals surface area (Å²) < 4.78 is 0. The van der Waals surface area contributed by atoms with Crippen LogP contribution in [0.2, 0.25) is 0 Å². The van der Waals surface area contributed by atoms with E-state index in [-0.39, 0.29) is 0 Å². The Balaban J connectivity index is 3.82. The molecule has 0 saturated heterocycles. The monoisotopic (exact) mass is 260 g/mol. The zero-order valence-electron chi connectivity index (χ0n) is 12.6. The molecule has 0 amide bonds. The summed E-state index contributed by atoms with van der Waals surface area (Å²) in [6.45, 7) is 10.2. The number of thioether (sulfide) groups is 1. The average molecular weight is 260 g/mol. The fourth-order valence-electron chi connectivity index (χ4n) is 2.07. The maximum absolute atomic E-state index is 3.49. The van der Waals surface area contributed by atoms with Gasteiger partial charge in [0.05, 0.1) is 0 Å². The molecule has 0 bridgehead atoms. The van der Waals surface area contributed by atoms with Crippen LogP contribution in [0.5, 0.6) is 0 Å². The predicted molar refractivity (Wildman–Crippen MR) is 82.1 cm³/mol. The van der Waals surface area contributed by atoms with Gasteiger partial charge in [0.25, 0.3) is 0 Å². The molecule has 2 unspecified atom stereocenters. The van der Waals surface area contributed by atoms with Gasteiger partial charge in [-0.3, -0.25) is 4.90 Å². The van der Waals surface area contributed by atoms with Crippen molar-refractivity contribution >= 4 is 11.8 Å². The maximum Gasteiger partial charge on any atom is 0.0183 e. The van der Waals surface area contributed by atoms with Crippen molar-refractivity contribution in [1.29, 1.82) is 0 Å². The summed E-state index contributed by atoms with van der Waals surface area (Å²) in [4.78, 5) is 2.56. The lowest BCUT2D eigenvalue weighted by Crippen LogP contribution is -2.40. The Labute approximate surface area is 113 Å². The Morgan fingerprint density at radius 3 is 2.35 bits per heavy atom. The zero-order valence-corrected chi connectivity index (χ0v) is 13.4. The van der Waals surface area contributed by atoms with Gasteiger partial charge in [-0.15, -0.1) is 0 Å². The van der Waals surface area contributed by atoms with E-state index in [0.717, 1.165) is 12.6 Å². The molecule has 0 spiro atoms. The molecule has 0 fully saturated rings. The number of hydrogen-bond acceptors (Lipinski definition) is 3. The highest BCUT2D eigenvalue weighted by atomic mass is 32.2. The summed E-state index contributed by atoms with van der Waals surface area (Å²) in [5.74, 6) is 1.25. The summed E-state index contributed by atoms with van der Waals surface area (Å²) in [5.41, 5.74) is 0. The predicted octanol–water partition coefficient (Wildman–Crippen LogP) is 3.23. The molecule has 0 aromatic heterocycles. The molecule has 0 rings (SSSR count). The second-order valence-electron chi connectivity index (χ2n) is 5.28. The van der Waals surface area contributed by atoms with Crippen LogP contribution in [0.4, 0.5) is 0 Å². The fourth-order valence-corrected chi connectivity index (χ4v) is 2.92. The molecule has 1 N–H and O–H groups in total. The molecule has 17 heavy (non-hydrogen) atoms. The highest BCUT2D eigenvalue weighted by molar-refractivity contribution is 7.98. The van der Waals surface area contributed by atoms with Gasteiger partial charge in [-0.05, 0) is 46.0 Å². The topological polar surface area (TPSA) is 15.3 Å². The Bertz CT molecular complexity index is 174. The summed E-state index contributed by atoms with van der Waals surface area (Å²) in [6, 6.07) is 2.04. The van der Waals surface area contributed by atoms with E-state index in [0.29, 0.717) is 12.1 Å². The first-order valence-electron chi connectivity index (χ1n) is 6.97. The van der Waals surface area contributed by atoms with Crippen molar-refractivity contribution < 1.29 is 0 Å². The summed E-state index contributed by atoms with van der Waals surface area (Å²) in [6.07, 6.45) is 6.03. The summed E-state index contributed by atoms with van der Waals surface area (Å²) >= 11 is 1.96.